The Morgan fingerprint density at radius 1 is 1.11 bits per heavy atom. The van der Waals surface area contributed by atoms with Crippen LogP contribution in [-0.2, 0) is 20.9 Å². The maximum absolute atomic E-state index is 12.1. The van der Waals surface area contributed by atoms with Crippen LogP contribution in [0.4, 0.5) is 4.79 Å². The number of hydrogen-bond acceptors (Lipinski definition) is 5. The summed E-state index contributed by atoms with van der Waals surface area (Å²) in [5.41, 5.74) is 0.833. The van der Waals surface area contributed by atoms with Crippen molar-refractivity contribution in [2.75, 3.05) is 6.54 Å². The van der Waals surface area contributed by atoms with E-state index in [9.17, 15) is 24.6 Å². The van der Waals surface area contributed by atoms with Gasteiger partial charge in [0.25, 0.3) is 0 Å². The van der Waals surface area contributed by atoms with Crippen molar-refractivity contribution in [3.63, 3.8) is 0 Å². The number of ether oxygens (including phenoxy) is 1. The summed E-state index contributed by atoms with van der Waals surface area (Å²) in [6.07, 6.45) is 2.42. The minimum absolute atomic E-state index is 0.0848. The van der Waals surface area contributed by atoms with Crippen LogP contribution in [0.25, 0.3) is 0 Å². The predicted molar refractivity (Wildman–Crippen MR) is 101 cm³/mol. The van der Waals surface area contributed by atoms with E-state index in [1.54, 1.807) is 0 Å². The Bertz CT molecular complexity index is 645. The zero-order valence-corrected chi connectivity index (χ0v) is 15.8. The van der Waals surface area contributed by atoms with Gasteiger partial charge in [-0.25, -0.2) is 9.59 Å². The average Bonchev–Trinajstić information content (AvgIpc) is 2.70. The number of carbonyl (C=O) groups excluding carboxylic acids is 2. The van der Waals surface area contributed by atoms with Crippen molar-refractivity contribution in [2.45, 2.75) is 57.3 Å². The van der Waals surface area contributed by atoms with Crippen LogP contribution < -0.4 is 10.6 Å². The number of benzene rings is 1. The fourth-order valence-electron chi connectivity index (χ4n) is 3.34. The maximum Gasteiger partial charge on any atom is 0.407 e. The zero-order valence-electron chi connectivity index (χ0n) is 15.8. The lowest BCUT2D eigenvalue weighted by Crippen LogP contribution is -2.47. The van der Waals surface area contributed by atoms with E-state index in [-0.39, 0.29) is 25.5 Å². The number of nitrogens with one attached hydrogen (secondary N) is 2. The molecule has 0 bridgehead atoms. The van der Waals surface area contributed by atoms with E-state index in [1.807, 2.05) is 30.3 Å². The lowest BCUT2D eigenvalue weighted by Gasteiger charge is -2.28. The predicted octanol–water partition coefficient (Wildman–Crippen LogP) is 1.81. The highest BCUT2D eigenvalue weighted by atomic mass is 16.5. The second kappa shape index (κ2) is 11.3. The zero-order chi connectivity index (χ0) is 20.4. The first-order valence-electron chi connectivity index (χ1n) is 9.60. The van der Waals surface area contributed by atoms with Gasteiger partial charge in [0.1, 0.15) is 12.6 Å². The number of amides is 2. The number of rotatable bonds is 9. The van der Waals surface area contributed by atoms with Crippen molar-refractivity contribution in [2.24, 2.45) is 5.92 Å². The number of carboxylic acid groups (broad SMARTS) is 1. The Balaban J connectivity index is 1.69. The van der Waals surface area contributed by atoms with E-state index in [4.69, 9.17) is 4.74 Å². The molecule has 0 heterocycles. The number of carbonyl (C=O) groups is 3. The number of alkyl carbamates (subject to hydrolysis) is 1. The van der Waals surface area contributed by atoms with Crippen LogP contribution in [0.1, 0.15) is 44.1 Å². The van der Waals surface area contributed by atoms with Gasteiger partial charge in [-0.2, -0.15) is 0 Å². The third kappa shape index (κ3) is 7.56. The molecule has 1 aromatic rings. The molecule has 28 heavy (non-hydrogen) atoms. The molecule has 2 atom stereocenters. The van der Waals surface area contributed by atoms with Gasteiger partial charge >= 0.3 is 12.1 Å². The fourth-order valence-corrected chi connectivity index (χ4v) is 3.34. The largest absolute Gasteiger partial charge is 0.480 e. The van der Waals surface area contributed by atoms with Crippen LogP contribution in [0, 0.1) is 5.92 Å². The molecule has 0 aliphatic heterocycles. The molecule has 4 N–H and O–H groups in total. The minimum atomic E-state index is -1.13. The van der Waals surface area contributed by atoms with Gasteiger partial charge in [-0.3, -0.25) is 4.79 Å². The number of carboxylic acids is 1. The SMILES string of the molecule is O=C(C[C@H](O)CNC(=O)OCc1ccccc1)N[C@@H](C(=O)O)C1CCCCC1. The van der Waals surface area contributed by atoms with Gasteiger partial charge in [0, 0.05) is 6.54 Å². The molecule has 0 radical (unpaired) electrons. The van der Waals surface area contributed by atoms with Crippen LogP contribution in [0.2, 0.25) is 0 Å². The number of aliphatic hydroxyl groups excluding tert-OH is 1. The van der Waals surface area contributed by atoms with E-state index in [0.29, 0.717) is 0 Å². The van der Waals surface area contributed by atoms with Gasteiger partial charge in [-0.1, -0.05) is 49.6 Å². The highest BCUT2D eigenvalue weighted by Gasteiger charge is 2.31. The molecule has 1 fully saturated rings. The molecular weight excluding hydrogens is 364 g/mol. The second-order valence-corrected chi connectivity index (χ2v) is 7.08. The van der Waals surface area contributed by atoms with Crippen molar-refractivity contribution >= 4 is 18.0 Å². The van der Waals surface area contributed by atoms with E-state index in [2.05, 4.69) is 10.6 Å². The Labute approximate surface area is 164 Å². The van der Waals surface area contributed by atoms with Gasteiger partial charge < -0.3 is 25.6 Å². The molecule has 1 aliphatic carbocycles. The highest BCUT2D eigenvalue weighted by molar-refractivity contribution is 5.84. The molecule has 8 nitrogen and oxygen atoms in total. The molecule has 0 aromatic heterocycles. The van der Waals surface area contributed by atoms with Gasteiger partial charge in [0.15, 0.2) is 0 Å². The van der Waals surface area contributed by atoms with Gasteiger partial charge in [-0.15, -0.1) is 0 Å². The topological polar surface area (TPSA) is 125 Å². The summed E-state index contributed by atoms with van der Waals surface area (Å²) in [6.45, 7) is -0.0624. The van der Waals surface area contributed by atoms with Crippen LogP contribution in [0.15, 0.2) is 30.3 Å². The lowest BCUT2D eigenvalue weighted by atomic mass is 9.84. The van der Waals surface area contributed by atoms with Crippen molar-refractivity contribution in [3.05, 3.63) is 35.9 Å². The molecule has 0 unspecified atom stereocenters. The molecule has 1 aromatic carbocycles. The maximum atomic E-state index is 12.1. The number of aliphatic carboxylic acids is 1. The molecular formula is C20H28N2O6. The summed E-state index contributed by atoms with van der Waals surface area (Å²) >= 11 is 0. The first-order chi connectivity index (χ1) is 13.5. The van der Waals surface area contributed by atoms with Crippen molar-refractivity contribution in [3.8, 4) is 0 Å². The summed E-state index contributed by atoms with van der Waals surface area (Å²) in [5.74, 6) is -1.69. The van der Waals surface area contributed by atoms with Gasteiger partial charge in [0.05, 0.1) is 12.5 Å². The average molecular weight is 392 g/mol. The smallest absolute Gasteiger partial charge is 0.407 e. The van der Waals surface area contributed by atoms with Crippen LogP contribution in [-0.4, -0.2) is 46.9 Å². The summed E-state index contributed by atoms with van der Waals surface area (Å²) in [7, 11) is 0. The molecule has 1 aliphatic rings. The van der Waals surface area contributed by atoms with E-state index in [1.165, 1.54) is 0 Å². The van der Waals surface area contributed by atoms with Crippen LogP contribution >= 0.6 is 0 Å². The van der Waals surface area contributed by atoms with Crippen molar-refractivity contribution in [1.82, 2.24) is 10.6 Å². The van der Waals surface area contributed by atoms with Gasteiger partial charge in [0.2, 0.25) is 5.91 Å². The second-order valence-electron chi connectivity index (χ2n) is 7.08. The third-order valence-corrected chi connectivity index (χ3v) is 4.82. The normalized spacial score (nSPS) is 16.6. The molecule has 1 saturated carbocycles. The quantitative estimate of drug-likeness (QED) is 0.508. The Morgan fingerprint density at radius 3 is 2.43 bits per heavy atom. The summed E-state index contributed by atoms with van der Waals surface area (Å²) in [6, 6.07) is 8.21. The molecule has 2 rings (SSSR count). The molecule has 0 spiro atoms. The summed E-state index contributed by atoms with van der Waals surface area (Å²) < 4.78 is 5.02. The molecule has 0 saturated heterocycles. The van der Waals surface area contributed by atoms with Gasteiger partial charge in [-0.05, 0) is 24.3 Å². The van der Waals surface area contributed by atoms with Crippen molar-refractivity contribution < 1.29 is 29.3 Å². The Morgan fingerprint density at radius 2 is 1.79 bits per heavy atom. The fraction of sp³-hybridized carbons (Fsp3) is 0.550. The first kappa shape index (κ1) is 21.7. The lowest BCUT2D eigenvalue weighted by molar-refractivity contribution is -0.144. The van der Waals surface area contributed by atoms with E-state index in [0.717, 1.165) is 37.7 Å². The van der Waals surface area contributed by atoms with Crippen molar-refractivity contribution in [1.29, 1.82) is 0 Å². The first-order valence-corrected chi connectivity index (χ1v) is 9.60. The molecule has 8 heteroatoms. The molecule has 2 amide bonds. The Kier molecular flexibility index (Phi) is 8.74. The third-order valence-electron chi connectivity index (χ3n) is 4.82. The minimum Gasteiger partial charge on any atom is -0.480 e. The number of aliphatic hydroxyl groups is 1. The Hall–Kier alpha value is -2.61. The van der Waals surface area contributed by atoms with Crippen LogP contribution in [0.3, 0.4) is 0 Å². The number of hydrogen-bond donors (Lipinski definition) is 4. The monoisotopic (exact) mass is 392 g/mol. The highest BCUT2D eigenvalue weighted by Crippen LogP contribution is 2.26. The summed E-state index contributed by atoms with van der Waals surface area (Å²) in [4.78, 5) is 35.2. The standard InChI is InChI=1S/C20H28N2O6/c23-16(12-21-20(27)28-13-14-7-3-1-4-8-14)11-17(24)22-18(19(25)26)15-9-5-2-6-10-15/h1,3-4,7-8,15-16,18,23H,2,5-6,9-13H2,(H,21,27)(H,22,24)(H,25,26)/t16-,18+/m0/s1. The molecule has 154 valence electrons. The van der Waals surface area contributed by atoms with E-state index < -0.39 is 30.1 Å². The van der Waals surface area contributed by atoms with E-state index >= 15 is 0 Å². The summed E-state index contributed by atoms with van der Waals surface area (Å²) in [5, 5.41) is 24.2. The van der Waals surface area contributed by atoms with Crippen LogP contribution in [0.5, 0.6) is 0 Å².